The molecule has 1 unspecified atom stereocenters. The summed E-state index contributed by atoms with van der Waals surface area (Å²) in [6.45, 7) is -1.12. The molecular formula is C8H15NO6. The summed E-state index contributed by atoms with van der Waals surface area (Å²) in [4.78, 5) is 10.9. The van der Waals surface area contributed by atoms with Crippen molar-refractivity contribution in [2.75, 3.05) is 6.61 Å². The van der Waals surface area contributed by atoms with Crippen LogP contribution in [0.4, 0.5) is 0 Å². The second kappa shape index (κ2) is 4.86. The molecule has 1 heterocycles. The van der Waals surface area contributed by atoms with E-state index in [-0.39, 0.29) is 0 Å². The first kappa shape index (κ1) is 10.8. The van der Waals surface area contributed by atoms with Crippen LogP contribution in [0.2, 0.25) is 0 Å². The summed E-state index contributed by atoms with van der Waals surface area (Å²) in [5, 5.41) is 39.4. The Morgan fingerprint density at radius 2 is 2.13 bits per heavy atom. The Kier molecular flexibility index (Phi) is 3.49. The van der Waals surface area contributed by atoms with E-state index in [1.165, 1.54) is 0 Å². The van der Waals surface area contributed by atoms with E-state index in [9.17, 15) is 20.1 Å². The fourth-order valence-corrected chi connectivity index (χ4v) is 1.44. The van der Waals surface area contributed by atoms with Gasteiger partial charge in [0.05, 0.1) is 6.61 Å². The number of nitrogens with one attached hydrogen (secondary N) is 1. The van der Waals surface area contributed by atoms with Crippen molar-refractivity contribution in [2.45, 2.75) is 37.5 Å². The number of hydrogen-bond donors (Lipinski definition) is 5. The molecule has 0 saturated carbocycles. The van der Waals surface area contributed by atoms with Crippen LogP contribution in [0.25, 0.3) is 0 Å². The minimum atomic E-state index is -1.54. The van der Waals surface area contributed by atoms with Crippen LogP contribution in [-0.4, -0.2) is 63.6 Å². The van der Waals surface area contributed by atoms with E-state index >= 15 is 0 Å². The van der Waals surface area contributed by atoms with E-state index in [1.54, 1.807) is 0 Å². The minimum absolute atomic E-state index is 0.560. The van der Waals surface area contributed by atoms with Crippen LogP contribution in [0, 0.1) is 0 Å². The van der Waals surface area contributed by atoms with Crippen LogP contribution in [-0.2, 0) is 9.53 Å². The molecule has 7 nitrogen and oxygen atoms in total. The molecule has 0 radical (unpaired) electrons. The number of ether oxygens (including phenoxy) is 1. The first-order valence-electron chi connectivity index (χ1n) is 5.11. The number of hydrogen-bond acceptors (Lipinski definition) is 6. The van der Waals surface area contributed by atoms with Crippen molar-refractivity contribution in [2.24, 2.45) is 0 Å². The third-order valence-corrected chi connectivity index (χ3v) is 2.23. The van der Waals surface area contributed by atoms with Crippen molar-refractivity contribution < 1.29 is 31.3 Å². The van der Waals surface area contributed by atoms with E-state index in [1.807, 2.05) is 0 Å². The van der Waals surface area contributed by atoms with Gasteiger partial charge in [-0.3, -0.25) is 4.79 Å². The molecule has 1 aliphatic rings. The van der Waals surface area contributed by atoms with E-state index < -0.39 is 50.1 Å². The summed E-state index contributed by atoms with van der Waals surface area (Å²) < 4.78 is 11.6. The number of amides is 1. The van der Waals surface area contributed by atoms with Crippen LogP contribution in [0.5, 0.6) is 0 Å². The molecule has 1 aliphatic heterocycles. The van der Waals surface area contributed by atoms with Gasteiger partial charge in [0.1, 0.15) is 24.4 Å². The third-order valence-electron chi connectivity index (χ3n) is 2.23. The largest absolute Gasteiger partial charge is 0.394 e. The zero-order chi connectivity index (χ0) is 12.3. The summed E-state index contributed by atoms with van der Waals surface area (Å²) in [6.07, 6.45) is -5.51. The van der Waals surface area contributed by atoms with Crippen LogP contribution in [0.3, 0.4) is 0 Å². The van der Waals surface area contributed by atoms with Crippen LogP contribution < -0.4 is 5.32 Å². The first-order chi connectivity index (χ1) is 7.51. The van der Waals surface area contributed by atoms with Gasteiger partial charge >= 0.3 is 0 Å². The predicted molar refractivity (Wildman–Crippen MR) is 47.6 cm³/mol. The van der Waals surface area contributed by atoms with Crippen molar-refractivity contribution in [1.29, 1.82) is 0 Å². The summed E-state index contributed by atoms with van der Waals surface area (Å²) in [6, 6.07) is -1.21. The van der Waals surface area contributed by atoms with Gasteiger partial charge < -0.3 is 30.5 Å². The highest BCUT2D eigenvalue weighted by atomic mass is 16.6. The Bertz CT molecular complexity index is 253. The Morgan fingerprint density at radius 3 is 2.67 bits per heavy atom. The molecule has 0 aromatic heterocycles. The second-order valence-electron chi connectivity index (χ2n) is 3.32. The van der Waals surface area contributed by atoms with Gasteiger partial charge in [0.2, 0.25) is 5.91 Å². The molecule has 0 aromatic rings. The van der Waals surface area contributed by atoms with Gasteiger partial charge in [-0.25, -0.2) is 0 Å². The highest BCUT2D eigenvalue weighted by molar-refractivity contribution is 5.73. The van der Waals surface area contributed by atoms with E-state index in [0.717, 1.165) is 0 Å². The maximum Gasteiger partial charge on any atom is 0.217 e. The molecule has 88 valence electrons. The highest BCUT2D eigenvalue weighted by Crippen LogP contribution is 2.19. The monoisotopic (exact) mass is 222 g/mol. The average molecular weight is 222 g/mol. The van der Waals surface area contributed by atoms with Gasteiger partial charge in [-0.2, -0.15) is 0 Å². The molecule has 0 bridgehead atoms. The second-order valence-corrected chi connectivity index (χ2v) is 3.32. The third kappa shape index (κ3) is 2.64. The van der Waals surface area contributed by atoms with Crippen molar-refractivity contribution in [3.05, 3.63) is 0 Å². The average Bonchev–Trinajstić information content (AvgIpc) is 2.28. The lowest BCUT2D eigenvalue weighted by Crippen LogP contribution is -2.63. The molecule has 0 aliphatic carbocycles. The van der Waals surface area contributed by atoms with Gasteiger partial charge in [0.25, 0.3) is 0 Å². The summed E-state index contributed by atoms with van der Waals surface area (Å²) in [7, 11) is 0. The maximum absolute atomic E-state index is 10.9. The van der Waals surface area contributed by atoms with Gasteiger partial charge in [-0.15, -0.1) is 0 Å². The molecule has 1 fully saturated rings. The van der Waals surface area contributed by atoms with Crippen molar-refractivity contribution in [3.8, 4) is 0 Å². The molecule has 0 aromatic carbocycles. The fraction of sp³-hybridized carbons (Fsp3) is 0.875. The molecule has 1 rings (SSSR count). The van der Waals surface area contributed by atoms with Crippen molar-refractivity contribution >= 4 is 5.91 Å². The van der Waals surface area contributed by atoms with E-state index in [2.05, 4.69) is 5.32 Å². The predicted octanol–water partition coefficient (Wildman–Crippen LogP) is -3.08. The Labute approximate surface area is 87.7 Å². The van der Waals surface area contributed by atoms with E-state index in [4.69, 9.17) is 11.2 Å². The smallest absolute Gasteiger partial charge is 0.217 e. The van der Waals surface area contributed by atoms with Crippen LogP contribution in [0.15, 0.2) is 0 Å². The molecule has 0 spiro atoms. The lowest BCUT2D eigenvalue weighted by atomic mass is 9.97. The summed E-state index contributed by atoms with van der Waals surface area (Å²) >= 11 is 0. The molecule has 5 atom stereocenters. The fourth-order valence-electron chi connectivity index (χ4n) is 1.44. The highest BCUT2D eigenvalue weighted by Gasteiger charge is 2.43. The maximum atomic E-state index is 10.9. The van der Waals surface area contributed by atoms with Crippen LogP contribution >= 0.6 is 0 Å². The van der Waals surface area contributed by atoms with Gasteiger partial charge in [0.15, 0.2) is 6.29 Å². The molecular weight excluding hydrogens is 206 g/mol. The first-order valence-corrected chi connectivity index (χ1v) is 4.40. The molecule has 1 saturated heterocycles. The quantitative estimate of drug-likeness (QED) is 0.338. The number of carbonyl (C=O) groups is 1. The van der Waals surface area contributed by atoms with E-state index in [0.29, 0.717) is 0 Å². The van der Waals surface area contributed by atoms with Crippen molar-refractivity contribution in [1.82, 2.24) is 5.32 Å². The molecule has 15 heavy (non-hydrogen) atoms. The molecule has 5 N–H and O–H groups in total. The topological polar surface area (TPSA) is 119 Å². The SMILES string of the molecule is [2H]CC(=O)N[C@H]1C(O)O[C@H](CO)[C@@H](O)[C@@H]1O. The lowest BCUT2D eigenvalue weighted by molar-refractivity contribution is -0.253. The van der Waals surface area contributed by atoms with Crippen molar-refractivity contribution in [3.63, 3.8) is 0 Å². The normalized spacial score (nSPS) is 42.1. The summed E-state index contributed by atoms with van der Waals surface area (Å²) in [5.74, 6) is -0.707. The Morgan fingerprint density at radius 1 is 1.47 bits per heavy atom. The zero-order valence-electron chi connectivity index (χ0n) is 8.91. The minimum Gasteiger partial charge on any atom is -0.394 e. The Hall–Kier alpha value is -0.730. The molecule has 7 heteroatoms. The standard InChI is InChI=1S/C8H15NO6/c1-3(11)9-5-7(13)6(12)4(2-10)15-8(5)14/h4-8,10,12-14H,2H2,1H3,(H,9,11)/t4-,5-,6-,7-,8?/m1/s1/i1D. The lowest BCUT2D eigenvalue weighted by Gasteiger charge is -2.40. The zero-order valence-corrected chi connectivity index (χ0v) is 7.91. The van der Waals surface area contributed by atoms with Gasteiger partial charge in [0, 0.05) is 8.27 Å². The van der Waals surface area contributed by atoms with Gasteiger partial charge in [-0.05, 0) is 0 Å². The van der Waals surface area contributed by atoms with Gasteiger partial charge in [-0.1, -0.05) is 0 Å². The van der Waals surface area contributed by atoms with Crippen LogP contribution in [0.1, 0.15) is 8.27 Å². The number of carbonyl (C=O) groups excluding carboxylic acids is 1. The Balaban J connectivity index is 2.67. The number of aliphatic hydroxyl groups excluding tert-OH is 4. The number of aliphatic hydroxyl groups is 4. The number of rotatable bonds is 2. The summed E-state index contributed by atoms with van der Waals surface area (Å²) in [5.41, 5.74) is 0. The molecule has 1 amide bonds.